The van der Waals surface area contributed by atoms with E-state index in [4.69, 9.17) is 4.74 Å². The van der Waals surface area contributed by atoms with Crippen LogP contribution in [0.25, 0.3) is 66.1 Å². The maximum atomic E-state index is 6.04. The topological polar surface area (TPSA) is 19.1 Å². The molecule has 0 amide bonds. The Morgan fingerprint density at radius 2 is 0.896 bits per heavy atom. The van der Waals surface area contributed by atoms with Crippen molar-refractivity contribution >= 4 is 66.2 Å². The van der Waals surface area contributed by atoms with Crippen LogP contribution < -0.4 is 4.74 Å². The summed E-state index contributed by atoms with van der Waals surface area (Å²) < 4.78 is 12.0. The average molecular weight is 731 g/mol. The van der Waals surface area contributed by atoms with Gasteiger partial charge < -0.3 is 13.9 Å². The number of rotatable bonds is 7. The smallest absolute Gasteiger partial charge is 0.119 e. The fraction of sp³-hybridized carbons (Fsp3) is 0.0455. The first-order chi connectivity index (χ1) is 23.7. The highest BCUT2D eigenvalue weighted by atomic mass is 127. The molecule has 48 heavy (non-hydrogen) atoms. The van der Waals surface area contributed by atoms with Crippen molar-refractivity contribution in [3.05, 3.63) is 173 Å². The van der Waals surface area contributed by atoms with Crippen LogP contribution in [0.1, 0.15) is 5.56 Å². The monoisotopic (exact) mass is 730 g/mol. The summed E-state index contributed by atoms with van der Waals surface area (Å²) in [4.78, 5) is 0. The largest absolute Gasteiger partial charge is 0.493 e. The Morgan fingerprint density at radius 1 is 0.438 bits per heavy atom. The second-order valence-electron chi connectivity index (χ2n) is 12.2. The first-order valence-electron chi connectivity index (χ1n) is 16.3. The molecule has 0 aliphatic carbocycles. The third-order valence-corrected chi connectivity index (χ3v) is 10.1. The highest BCUT2D eigenvalue weighted by molar-refractivity contribution is 14.1. The van der Waals surface area contributed by atoms with Crippen molar-refractivity contribution < 1.29 is 4.74 Å². The Morgan fingerprint density at radius 3 is 1.42 bits per heavy atom. The van der Waals surface area contributed by atoms with Gasteiger partial charge in [0.15, 0.2) is 0 Å². The molecule has 0 unspecified atom stereocenters. The molecule has 0 aliphatic rings. The van der Waals surface area contributed by atoms with E-state index in [2.05, 4.69) is 183 Å². The second kappa shape index (κ2) is 12.0. The fourth-order valence-corrected chi connectivity index (χ4v) is 7.44. The van der Waals surface area contributed by atoms with E-state index in [1.165, 1.54) is 69.6 Å². The molecule has 7 aromatic carbocycles. The van der Waals surface area contributed by atoms with E-state index in [1.54, 1.807) is 0 Å². The number of ether oxygens (including phenoxy) is 1. The lowest BCUT2D eigenvalue weighted by Crippen LogP contribution is -2.01. The zero-order chi connectivity index (χ0) is 32.0. The van der Waals surface area contributed by atoms with E-state index in [9.17, 15) is 0 Å². The number of aromatic nitrogens is 2. The number of halogens is 1. The van der Waals surface area contributed by atoms with E-state index in [-0.39, 0.29) is 0 Å². The van der Waals surface area contributed by atoms with Crippen molar-refractivity contribution in [2.45, 2.75) is 6.42 Å². The number of hydrogen-bond acceptors (Lipinski definition) is 1. The molecule has 230 valence electrons. The van der Waals surface area contributed by atoms with Crippen LogP contribution in [0.4, 0.5) is 0 Å². The molecule has 0 fully saturated rings. The molecule has 9 aromatic rings. The van der Waals surface area contributed by atoms with Gasteiger partial charge in [-0.2, -0.15) is 0 Å². The molecular formula is C44H31IN2O. The molecule has 2 heterocycles. The van der Waals surface area contributed by atoms with Gasteiger partial charge in [-0.15, -0.1) is 0 Å². The van der Waals surface area contributed by atoms with Crippen LogP contribution in [0, 0.1) is 3.57 Å². The molecule has 0 saturated carbocycles. The summed E-state index contributed by atoms with van der Waals surface area (Å²) in [6, 6.07) is 59.0. The molecule has 0 atom stereocenters. The minimum Gasteiger partial charge on any atom is -0.493 e. The first-order valence-corrected chi connectivity index (χ1v) is 17.4. The maximum absolute atomic E-state index is 6.04. The van der Waals surface area contributed by atoms with Gasteiger partial charge in [0.25, 0.3) is 0 Å². The molecule has 9 rings (SSSR count). The number of nitrogens with zero attached hydrogens (tertiary/aromatic N) is 2. The van der Waals surface area contributed by atoms with Gasteiger partial charge in [-0.25, -0.2) is 0 Å². The van der Waals surface area contributed by atoms with Crippen molar-refractivity contribution in [3.63, 3.8) is 0 Å². The van der Waals surface area contributed by atoms with Gasteiger partial charge in [0.2, 0.25) is 0 Å². The first kappa shape index (κ1) is 28.9. The lowest BCUT2D eigenvalue weighted by molar-refractivity contribution is 0.322. The third-order valence-electron chi connectivity index (χ3n) is 9.37. The second-order valence-corrected chi connectivity index (χ2v) is 13.5. The average Bonchev–Trinajstić information content (AvgIpc) is 3.65. The molecule has 3 nitrogen and oxygen atoms in total. The zero-order valence-corrected chi connectivity index (χ0v) is 28.3. The van der Waals surface area contributed by atoms with Crippen LogP contribution in [0.3, 0.4) is 0 Å². The molecule has 0 saturated heterocycles. The van der Waals surface area contributed by atoms with Gasteiger partial charge in [-0.05, 0) is 118 Å². The van der Waals surface area contributed by atoms with E-state index in [1.807, 2.05) is 12.1 Å². The van der Waals surface area contributed by atoms with Crippen LogP contribution in [-0.2, 0) is 6.42 Å². The minimum atomic E-state index is 0.645. The lowest BCUT2D eigenvalue weighted by Gasteiger charge is -2.11. The van der Waals surface area contributed by atoms with Gasteiger partial charge in [-0.3, -0.25) is 0 Å². The summed E-state index contributed by atoms with van der Waals surface area (Å²) in [6.45, 7) is 0.645. The Hall–Kier alpha value is -5.33. The zero-order valence-electron chi connectivity index (χ0n) is 26.2. The van der Waals surface area contributed by atoms with Crippen molar-refractivity contribution in [1.82, 2.24) is 9.13 Å². The van der Waals surface area contributed by atoms with Gasteiger partial charge in [0.1, 0.15) is 5.75 Å². The highest BCUT2D eigenvalue weighted by Crippen LogP contribution is 2.35. The molecule has 0 N–H and O–H groups in total. The normalized spacial score (nSPS) is 11.6. The summed E-state index contributed by atoms with van der Waals surface area (Å²) in [5, 5.41) is 5.08. The van der Waals surface area contributed by atoms with Gasteiger partial charge >= 0.3 is 0 Å². The van der Waals surface area contributed by atoms with Gasteiger partial charge in [0, 0.05) is 42.9 Å². The Balaban J connectivity index is 1.01. The van der Waals surface area contributed by atoms with Crippen LogP contribution in [0.15, 0.2) is 164 Å². The van der Waals surface area contributed by atoms with Crippen LogP contribution in [0.2, 0.25) is 0 Å². The SMILES string of the molecule is Ic1ccc(OCCc2ccc3c(c2)c2ccccc2n3-c2ccc(-c3ccc(-n4c5ccccc5c5ccccc54)cc3)cc2)cc1. The van der Waals surface area contributed by atoms with E-state index in [0.717, 1.165) is 17.9 Å². The number of hydrogen-bond donors (Lipinski definition) is 0. The van der Waals surface area contributed by atoms with E-state index >= 15 is 0 Å². The lowest BCUT2D eigenvalue weighted by atomic mass is 10.0. The molecule has 0 radical (unpaired) electrons. The van der Waals surface area contributed by atoms with E-state index < -0.39 is 0 Å². The highest BCUT2D eigenvalue weighted by Gasteiger charge is 2.14. The van der Waals surface area contributed by atoms with Gasteiger partial charge in [0.05, 0.1) is 28.7 Å². The Bertz CT molecular complexity index is 2520. The maximum Gasteiger partial charge on any atom is 0.119 e. The Labute approximate surface area is 292 Å². The number of fused-ring (bicyclic) bond motifs is 6. The summed E-state index contributed by atoms with van der Waals surface area (Å²) in [6.07, 6.45) is 0.853. The Kier molecular flexibility index (Phi) is 7.24. The van der Waals surface area contributed by atoms with Crippen LogP contribution >= 0.6 is 22.6 Å². The predicted octanol–water partition coefficient (Wildman–Crippen LogP) is 11.8. The molecule has 4 heteroatoms. The standard InChI is InChI=1S/C44H31IN2O/c45-33-18-24-36(25-19-33)48-28-27-30-13-26-44-40(29-30)39-9-3-6-12-43(39)47(44)35-22-16-32(17-23-35)31-14-20-34(21-15-31)46-41-10-4-1-7-37(41)38-8-2-5-11-42(38)46/h1-26,29H,27-28H2. The van der Waals surface area contributed by atoms with Crippen LogP contribution in [0.5, 0.6) is 5.75 Å². The summed E-state index contributed by atoms with van der Waals surface area (Å²) in [5.41, 5.74) is 10.9. The van der Waals surface area contributed by atoms with Crippen molar-refractivity contribution in [2.24, 2.45) is 0 Å². The summed E-state index contributed by atoms with van der Waals surface area (Å²) >= 11 is 2.32. The van der Waals surface area contributed by atoms with E-state index in [0.29, 0.717) is 6.61 Å². The molecule has 0 spiro atoms. The fourth-order valence-electron chi connectivity index (χ4n) is 7.08. The van der Waals surface area contributed by atoms with Crippen LogP contribution in [-0.4, -0.2) is 15.7 Å². The summed E-state index contributed by atoms with van der Waals surface area (Å²) in [5.74, 6) is 0.913. The van der Waals surface area contributed by atoms with Crippen molar-refractivity contribution in [1.29, 1.82) is 0 Å². The number of para-hydroxylation sites is 3. The third kappa shape index (κ3) is 5.04. The van der Waals surface area contributed by atoms with Gasteiger partial charge in [-0.1, -0.05) is 84.9 Å². The van der Waals surface area contributed by atoms with Crippen molar-refractivity contribution in [3.8, 4) is 28.3 Å². The predicted molar refractivity (Wildman–Crippen MR) is 209 cm³/mol. The molecule has 0 bridgehead atoms. The molecule has 2 aromatic heterocycles. The molecular weight excluding hydrogens is 699 g/mol. The molecule has 0 aliphatic heterocycles. The summed E-state index contributed by atoms with van der Waals surface area (Å²) in [7, 11) is 0. The minimum absolute atomic E-state index is 0.645. The number of benzene rings is 7. The van der Waals surface area contributed by atoms with Crippen molar-refractivity contribution in [2.75, 3.05) is 6.61 Å². The quantitative estimate of drug-likeness (QED) is 0.149.